The zero-order chi connectivity index (χ0) is 16.8. The second-order valence-corrected chi connectivity index (χ2v) is 6.09. The normalized spacial score (nSPS) is 15.2. The molecule has 0 aliphatic carbocycles. The average molecular weight is 311 g/mol. The van der Waals surface area contributed by atoms with Crippen LogP contribution in [0.25, 0.3) is 0 Å². The zero-order valence-electron chi connectivity index (χ0n) is 13.6. The van der Waals surface area contributed by atoms with Gasteiger partial charge in [-0.25, -0.2) is 4.79 Å². The lowest BCUT2D eigenvalue weighted by molar-refractivity contribution is -0.137. The Morgan fingerprint density at radius 2 is 1.68 bits per heavy atom. The van der Waals surface area contributed by atoms with Crippen LogP contribution in [0.5, 0.6) is 0 Å². The molecule has 7 nitrogen and oxygen atoms in total. The topological polar surface area (TPSA) is 79.0 Å². The maximum absolute atomic E-state index is 12.0. The van der Waals surface area contributed by atoms with E-state index in [4.69, 9.17) is 4.74 Å². The Kier molecular flexibility index (Phi) is 6.39. The summed E-state index contributed by atoms with van der Waals surface area (Å²) in [6, 6.07) is 0. The summed E-state index contributed by atoms with van der Waals surface area (Å²) in [5, 5.41) is 2.56. The van der Waals surface area contributed by atoms with Crippen LogP contribution in [-0.2, 0) is 14.3 Å². The standard InChI is InChI=1S/C15H25N3O4/c1-5-12(19)17-8-10-18(11-9-17)13(20)6-7-16-14(21)22-15(2,3)4/h5H,1,6-11H2,2-4H3,(H,16,21). The molecule has 0 saturated carbocycles. The van der Waals surface area contributed by atoms with Crippen molar-refractivity contribution in [3.63, 3.8) is 0 Å². The fraction of sp³-hybridized carbons (Fsp3) is 0.667. The third kappa shape index (κ3) is 6.15. The van der Waals surface area contributed by atoms with Gasteiger partial charge in [-0.2, -0.15) is 0 Å². The largest absolute Gasteiger partial charge is 0.444 e. The fourth-order valence-electron chi connectivity index (χ4n) is 2.05. The number of piperazine rings is 1. The number of nitrogens with one attached hydrogen (secondary N) is 1. The van der Waals surface area contributed by atoms with Crippen molar-refractivity contribution in [3.8, 4) is 0 Å². The number of alkyl carbamates (subject to hydrolysis) is 1. The van der Waals surface area contributed by atoms with Crippen LogP contribution in [0, 0.1) is 0 Å². The minimum atomic E-state index is -0.553. The quantitative estimate of drug-likeness (QED) is 0.777. The van der Waals surface area contributed by atoms with Crippen molar-refractivity contribution in [2.24, 2.45) is 0 Å². The first-order chi connectivity index (χ1) is 10.2. The van der Waals surface area contributed by atoms with E-state index >= 15 is 0 Å². The van der Waals surface area contributed by atoms with Crippen LogP contribution < -0.4 is 5.32 Å². The molecule has 0 aromatic carbocycles. The molecule has 1 heterocycles. The lowest BCUT2D eigenvalue weighted by Crippen LogP contribution is -2.50. The fourth-order valence-corrected chi connectivity index (χ4v) is 2.05. The second-order valence-electron chi connectivity index (χ2n) is 6.09. The molecule has 1 fully saturated rings. The Morgan fingerprint density at radius 1 is 1.14 bits per heavy atom. The van der Waals surface area contributed by atoms with Gasteiger partial charge in [-0.1, -0.05) is 6.58 Å². The van der Waals surface area contributed by atoms with E-state index < -0.39 is 11.7 Å². The number of carbonyl (C=O) groups excluding carboxylic acids is 3. The number of hydrogen-bond acceptors (Lipinski definition) is 4. The predicted molar refractivity (Wildman–Crippen MR) is 82.2 cm³/mol. The van der Waals surface area contributed by atoms with Gasteiger partial charge >= 0.3 is 6.09 Å². The first-order valence-corrected chi connectivity index (χ1v) is 7.39. The number of carbonyl (C=O) groups is 3. The molecule has 0 bridgehead atoms. The predicted octanol–water partition coefficient (Wildman–Crippen LogP) is 0.758. The maximum atomic E-state index is 12.0. The number of amides is 3. The lowest BCUT2D eigenvalue weighted by atomic mass is 10.2. The van der Waals surface area contributed by atoms with Crippen LogP contribution in [0.2, 0.25) is 0 Å². The van der Waals surface area contributed by atoms with Crippen molar-refractivity contribution >= 4 is 17.9 Å². The molecule has 7 heteroatoms. The molecule has 1 aliphatic heterocycles. The summed E-state index contributed by atoms with van der Waals surface area (Å²) >= 11 is 0. The number of rotatable bonds is 4. The Balaban J connectivity index is 2.26. The maximum Gasteiger partial charge on any atom is 0.407 e. The van der Waals surface area contributed by atoms with Crippen LogP contribution in [0.15, 0.2) is 12.7 Å². The molecule has 0 aromatic heterocycles. The lowest BCUT2D eigenvalue weighted by Gasteiger charge is -2.34. The molecule has 0 spiro atoms. The van der Waals surface area contributed by atoms with Crippen molar-refractivity contribution in [1.82, 2.24) is 15.1 Å². The summed E-state index contributed by atoms with van der Waals surface area (Å²) in [5.74, 6) is -0.152. The summed E-state index contributed by atoms with van der Waals surface area (Å²) in [7, 11) is 0. The minimum absolute atomic E-state index is 0.0400. The second kappa shape index (κ2) is 7.82. The third-order valence-corrected chi connectivity index (χ3v) is 3.13. The summed E-state index contributed by atoms with van der Waals surface area (Å²) in [5.41, 5.74) is -0.553. The van der Waals surface area contributed by atoms with Gasteiger partial charge in [0.15, 0.2) is 0 Å². The summed E-state index contributed by atoms with van der Waals surface area (Å²) in [4.78, 5) is 38.3. The Bertz CT molecular complexity index is 435. The van der Waals surface area contributed by atoms with Crippen molar-refractivity contribution < 1.29 is 19.1 Å². The average Bonchev–Trinajstić information content (AvgIpc) is 2.44. The van der Waals surface area contributed by atoms with Gasteiger partial charge in [-0.3, -0.25) is 9.59 Å². The van der Waals surface area contributed by atoms with Crippen molar-refractivity contribution in [1.29, 1.82) is 0 Å². The molecule has 1 N–H and O–H groups in total. The smallest absolute Gasteiger partial charge is 0.407 e. The van der Waals surface area contributed by atoms with Gasteiger partial charge in [0, 0.05) is 39.1 Å². The molecule has 3 amide bonds. The van der Waals surface area contributed by atoms with Crippen LogP contribution in [0.1, 0.15) is 27.2 Å². The van der Waals surface area contributed by atoms with Crippen LogP contribution >= 0.6 is 0 Å². The molecule has 0 unspecified atom stereocenters. The van der Waals surface area contributed by atoms with Gasteiger partial charge in [0.25, 0.3) is 0 Å². The molecule has 1 rings (SSSR count). The highest BCUT2D eigenvalue weighted by Gasteiger charge is 2.23. The number of hydrogen-bond donors (Lipinski definition) is 1. The van der Waals surface area contributed by atoms with E-state index in [0.717, 1.165) is 0 Å². The van der Waals surface area contributed by atoms with Crippen molar-refractivity contribution in [2.75, 3.05) is 32.7 Å². The van der Waals surface area contributed by atoms with Crippen molar-refractivity contribution in [3.05, 3.63) is 12.7 Å². The molecule has 22 heavy (non-hydrogen) atoms. The van der Waals surface area contributed by atoms with E-state index in [1.165, 1.54) is 6.08 Å². The van der Waals surface area contributed by atoms with Gasteiger partial charge in [0.2, 0.25) is 11.8 Å². The Labute approximate surface area is 131 Å². The summed E-state index contributed by atoms with van der Waals surface area (Å²) in [6.45, 7) is 11.1. The van der Waals surface area contributed by atoms with Crippen LogP contribution in [-0.4, -0.2) is 66.0 Å². The van der Waals surface area contributed by atoms with Crippen LogP contribution in [0.4, 0.5) is 4.79 Å². The van der Waals surface area contributed by atoms with E-state index in [2.05, 4.69) is 11.9 Å². The molecule has 124 valence electrons. The zero-order valence-corrected chi connectivity index (χ0v) is 13.6. The van der Waals surface area contributed by atoms with Gasteiger partial charge in [0.1, 0.15) is 5.60 Å². The van der Waals surface area contributed by atoms with Gasteiger partial charge in [-0.05, 0) is 26.8 Å². The molecule has 1 saturated heterocycles. The Hall–Kier alpha value is -2.05. The van der Waals surface area contributed by atoms with E-state index in [1.807, 2.05) is 0 Å². The molecular weight excluding hydrogens is 286 g/mol. The Morgan fingerprint density at radius 3 is 2.18 bits per heavy atom. The molecule has 1 aliphatic rings. The molecule has 0 atom stereocenters. The molecule has 0 radical (unpaired) electrons. The first-order valence-electron chi connectivity index (χ1n) is 7.39. The number of nitrogens with zero attached hydrogens (tertiary/aromatic N) is 2. The number of ether oxygens (including phenoxy) is 1. The summed E-state index contributed by atoms with van der Waals surface area (Å²) in [6.07, 6.45) is 0.971. The van der Waals surface area contributed by atoms with Crippen molar-refractivity contribution in [2.45, 2.75) is 32.8 Å². The highest BCUT2D eigenvalue weighted by Crippen LogP contribution is 2.07. The highest BCUT2D eigenvalue weighted by molar-refractivity contribution is 5.87. The van der Waals surface area contributed by atoms with E-state index in [-0.39, 0.29) is 24.8 Å². The van der Waals surface area contributed by atoms with E-state index in [9.17, 15) is 14.4 Å². The highest BCUT2D eigenvalue weighted by atomic mass is 16.6. The van der Waals surface area contributed by atoms with Gasteiger partial charge < -0.3 is 19.9 Å². The molecular formula is C15H25N3O4. The minimum Gasteiger partial charge on any atom is -0.444 e. The first kappa shape index (κ1) is 18.0. The monoisotopic (exact) mass is 311 g/mol. The summed E-state index contributed by atoms with van der Waals surface area (Å²) < 4.78 is 5.09. The van der Waals surface area contributed by atoms with Gasteiger partial charge in [0.05, 0.1) is 0 Å². The van der Waals surface area contributed by atoms with Gasteiger partial charge in [-0.15, -0.1) is 0 Å². The van der Waals surface area contributed by atoms with E-state index in [0.29, 0.717) is 26.2 Å². The van der Waals surface area contributed by atoms with Crippen LogP contribution in [0.3, 0.4) is 0 Å². The SMILES string of the molecule is C=CC(=O)N1CCN(C(=O)CCNC(=O)OC(C)(C)C)CC1. The molecule has 0 aromatic rings. The third-order valence-electron chi connectivity index (χ3n) is 3.13. The van der Waals surface area contributed by atoms with E-state index in [1.54, 1.807) is 30.6 Å².